The van der Waals surface area contributed by atoms with E-state index in [4.69, 9.17) is 4.74 Å². The van der Waals surface area contributed by atoms with Crippen molar-refractivity contribution in [3.63, 3.8) is 0 Å². The minimum absolute atomic E-state index is 0.236. The van der Waals surface area contributed by atoms with E-state index in [1.54, 1.807) is 0 Å². The molecule has 5 aromatic rings. The average molecular weight is 677 g/mol. The van der Waals surface area contributed by atoms with Crippen molar-refractivity contribution < 1.29 is 4.74 Å². The van der Waals surface area contributed by atoms with Gasteiger partial charge in [-0.1, -0.05) is 105 Å². The van der Waals surface area contributed by atoms with Gasteiger partial charge in [-0.3, -0.25) is 0 Å². The van der Waals surface area contributed by atoms with Crippen LogP contribution in [-0.2, 0) is 17.4 Å². The Hall–Kier alpha value is -5.46. The highest BCUT2D eigenvalue weighted by Gasteiger charge is 2.47. The summed E-state index contributed by atoms with van der Waals surface area (Å²) in [6.45, 7) is 9.26. The number of hydrogen-bond acceptors (Lipinski definition) is 3. The molecule has 0 atom stereocenters. The van der Waals surface area contributed by atoms with Crippen molar-refractivity contribution in [1.29, 1.82) is 0 Å². The van der Waals surface area contributed by atoms with Gasteiger partial charge in [0.15, 0.2) is 5.60 Å². The number of nitrogens with zero attached hydrogens (tertiary/aromatic N) is 2. The summed E-state index contributed by atoms with van der Waals surface area (Å²) >= 11 is 0. The van der Waals surface area contributed by atoms with E-state index in [-0.39, 0.29) is 5.41 Å². The van der Waals surface area contributed by atoms with Gasteiger partial charge < -0.3 is 14.5 Å². The fourth-order valence-corrected chi connectivity index (χ4v) is 9.70. The molecule has 3 aliphatic heterocycles. The number of allylic oxidation sites excluding steroid dienone is 1. The molecule has 0 spiro atoms. The number of anilines is 2. The molecular weight excluding hydrogens is 633 g/mol. The lowest BCUT2D eigenvalue weighted by Gasteiger charge is -2.41. The van der Waals surface area contributed by atoms with Crippen LogP contribution in [0.25, 0.3) is 22.8 Å². The molecule has 2 aliphatic carbocycles. The van der Waals surface area contributed by atoms with Crippen molar-refractivity contribution in [3.8, 4) is 28.7 Å². The third-order valence-electron chi connectivity index (χ3n) is 12.3. The zero-order valence-electron chi connectivity index (χ0n) is 30.2. The second kappa shape index (κ2) is 12.1. The Balaban J connectivity index is 1.27. The summed E-state index contributed by atoms with van der Waals surface area (Å²) in [7, 11) is 0. The Labute approximate surface area is 308 Å². The maximum Gasteiger partial charge on any atom is 0.178 e. The number of hydrogen-bond donors (Lipinski definition) is 0. The first-order chi connectivity index (χ1) is 25.5. The van der Waals surface area contributed by atoms with E-state index in [1.165, 1.54) is 81.6 Å². The molecule has 0 aromatic heterocycles. The molecule has 3 nitrogen and oxygen atoms in total. The summed E-state index contributed by atoms with van der Waals surface area (Å²) in [5.41, 5.74) is 15.1. The van der Waals surface area contributed by atoms with Crippen molar-refractivity contribution in [1.82, 2.24) is 0 Å². The highest BCUT2D eigenvalue weighted by atomic mass is 16.5. The highest BCUT2D eigenvalue weighted by molar-refractivity contribution is 5.99. The topological polar surface area (TPSA) is 15.7 Å². The van der Waals surface area contributed by atoms with Crippen LogP contribution in [-0.4, -0.2) is 26.2 Å². The number of fused-ring (bicyclic) bond motifs is 8. The lowest BCUT2D eigenvalue weighted by Crippen LogP contribution is -2.37. The van der Waals surface area contributed by atoms with Gasteiger partial charge in [0.2, 0.25) is 0 Å². The van der Waals surface area contributed by atoms with Gasteiger partial charge in [0, 0.05) is 71.6 Å². The monoisotopic (exact) mass is 676 g/mol. The molecule has 0 bridgehead atoms. The fraction of sp³-hybridized carbons (Fsp3) is 0.265. The zero-order chi connectivity index (χ0) is 34.9. The smallest absolute Gasteiger partial charge is 0.178 e. The standard InChI is InChI=1S/C49H44N2O/c1-48(2)43-20-10-9-19-41(43)44-39-17-7-4-8-18-40(39)47-45(46(44)48)42(34-15-5-3-6-16-34)33-49(52-47,35-21-25-37(26-22-35)50-29-11-12-30-50)36-23-27-38(28-24-36)51-31-13-14-32-51/h3,5-6,8-10,15-16,18-28,33H,11-14,17,29-32H2,1-2H3. The molecular formula is C49H44N2O. The van der Waals surface area contributed by atoms with Crippen LogP contribution >= 0.6 is 0 Å². The Morgan fingerprint density at radius 3 is 1.88 bits per heavy atom. The van der Waals surface area contributed by atoms with E-state index in [0.29, 0.717) is 6.42 Å². The van der Waals surface area contributed by atoms with Crippen molar-refractivity contribution in [2.75, 3.05) is 36.0 Å². The zero-order valence-corrected chi connectivity index (χ0v) is 30.2. The molecule has 256 valence electrons. The van der Waals surface area contributed by atoms with Crippen molar-refractivity contribution >= 4 is 23.0 Å². The molecule has 0 N–H and O–H groups in total. The Morgan fingerprint density at radius 1 is 0.654 bits per heavy atom. The van der Waals surface area contributed by atoms with Gasteiger partial charge in [-0.2, -0.15) is 0 Å². The predicted molar refractivity (Wildman–Crippen MR) is 215 cm³/mol. The minimum atomic E-state index is -0.871. The van der Waals surface area contributed by atoms with E-state index >= 15 is 0 Å². The summed E-state index contributed by atoms with van der Waals surface area (Å²) < 4.78 is 7.84. The van der Waals surface area contributed by atoms with E-state index in [0.717, 1.165) is 48.6 Å². The molecule has 2 saturated heterocycles. The predicted octanol–water partition coefficient (Wildman–Crippen LogP) is 10.5. The molecule has 10 rings (SSSR count). The van der Waals surface area contributed by atoms with Crippen LogP contribution in [0.4, 0.5) is 11.4 Å². The summed E-state index contributed by atoms with van der Waals surface area (Å²) in [4.78, 5) is 5.02. The SMILES string of the molecule is CC1(C)c2ccccc2-c2c3c(c4c(c21)C(c1ccccc1)=CC(c1ccc(N2CCCC2)cc1)(c1ccc(N2CCCC2)cc1)O4)C=CC#CC3. The van der Waals surface area contributed by atoms with E-state index in [1.807, 2.05) is 6.08 Å². The highest BCUT2D eigenvalue weighted by Crippen LogP contribution is 2.60. The molecule has 0 unspecified atom stereocenters. The largest absolute Gasteiger partial charge is 0.472 e. The summed E-state index contributed by atoms with van der Waals surface area (Å²) in [5, 5.41) is 0. The van der Waals surface area contributed by atoms with Crippen LogP contribution in [0.3, 0.4) is 0 Å². The third kappa shape index (κ3) is 4.73. The summed E-state index contributed by atoms with van der Waals surface area (Å²) in [6, 6.07) is 38.5. The normalized spacial score (nSPS) is 18.7. The van der Waals surface area contributed by atoms with E-state index in [2.05, 4.69) is 151 Å². The first kappa shape index (κ1) is 31.3. The first-order valence-electron chi connectivity index (χ1n) is 19.2. The molecule has 52 heavy (non-hydrogen) atoms. The van der Waals surface area contributed by atoms with Gasteiger partial charge in [0.25, 0.3) is 0 Å². The van der Waals surface area contributed by atoms with Crippen LogP contribution in [0.5, 0.6) is 5.75 Å². The van der Waals surface area contributed by atoms with Crippen molar-refractivity contribution in [2.45, 2.75) is 57.0 Å². The first-order valence-corrected chi connectivity index (χ1v) is 19.2. The average Bonchev–Trinajstić information content (AvgIpc) is 3.94. The Morgan fingerprint density at radius 2 is 1.25 bits per heavy atom. The lowest BCUT2D eigenvalue weighted by molar-refractivity contribution is 0.159. The van der Waals surface area contributed by atoms with Crippen LogP contribution in [0.15, 0.2) is 115 Å². The van der Waals surface area contributed by atoms with Crippen LogP contribution < -0.4 is 14.5 Å². The molecule has 0 radical (unpaired) electrons. The Bertz CT molecular complexity index is 2260. The van der Waals surface area contributed by atoms with Gasteiger partial charge >= 0.3 is 0 Å². The number of benzene rings is 5. The second-order valence-corrected chi connectivity index (χ2v) is 15.6. The van der Waals surface area contributed by atoms with Crippen LogP contribution in [0.1, 0.15) is 84.0 Å². The van der Waals surface area contributed by atoms with Gasteiger partial charge in [-0.15, -0.1) is 0 Å². The lowest BCUT2D eigenvalue weighted by atomic mass is 9.72. The molecule has 0 saturated carbocycles. The molecule has 3 heterocycles. The fourth-order valence-electron chi connectivity index (χ4n) is 9.70. The molecule has 5 aliphatic rings. The molecule has 2 fully saturated rings. The Kier molecular flexibility index (Phi) is 7.26. The van der Waals surface area contributed by atoms with E-state index in [9.17, 15) is 0 Å². The van der Waals surface area contributed by atoms with Gasteiger partial charge in [0.05, 0.1) is 0 Å². The molecule has 0 amide bonds. The van der Waals surface area contributed by atoms with Gasteiger partial charge in [0.1, 0.15) is 5.75 Å². The van der Waals surface area contributed by atoms with E-state index < -0.39 is 5.60 Å². The summed E-state index contributed by atoms with van der Waals surface area (Å²) in [6.07, 6.45) is 12.4. The molecule has 3 heteroatoms. The third-order valence-corrected chi connectivity index (χ3v) is 12.3. The number of rotatable bonds is 5. The van der Waals surface area contributed by atoms with Crippen LogP contribution in [0.2, 0.25) is 0 Å². The van der Waals surface area contributed by atoms with Gasteiger partial charge in [-0.05, 0) is 107 Å². The van der Waals surface area contributed by atoms with Crippen molar-refractivity contribution in [3.05, 3.63) is 160 Å². The van der Waals surface area contributed by atoms with Crippen molar-refractivity contribution in [2.24, 2.45) is 0 Å². The second-order valence-electron chi connectivity index (χ2n) is 15.6. The van der Waals surface area contributed by atoms with Crippen LogP contribution in [0, 0.1) is 11.8 Å². The summed E-state index contributed by atoms with van der Waals surface area (Å²) in [5.74, 6) is 7.74. The maximum absolute atomic E-state index is 7.84. The quantitative estimate of drug-likeness (QED) is 0.172. The van der Waals surface area contributed by atoms with Gasteiger partial charge in [-0.25, -0.2) is 0 Å². The number of ether oxygens (including phenoxy) is 1. The maximum atomic E-state index is 7.84. The molecule has 5 aromatic carbocycles. The minimum Gasteiger partial charge on any atom is -0.472 e.